The van der Waals surface area contributed by atoms with Crippen LogP contribution in [-0.2, 0) is 15.9 Å². The number of nitrogens with zero attached hydrogens (tertiary/aromatic N) is 5. The number of aromatic nitrogens is 2. The van der Waals surface area contributed by atoms with E-state index in [1.165, 1.54) is 11.8 Å². The molecule has 2 aliphatic heterocycles. The number of piperazine rings is 1. The van der Waals surface area contributed by atoms with E-state index in [2.05, 4.69) is 21.8 Å². The molecule has 2 saturated heterocycles. The SMILES string of the molecule is CN1CCN(CCOC(=O)N2CCC(c3nc(-c4ccc([S+](C)[O-])cc4)c(Sc4ccc(Cl)cn4)o3)CC2)CC1. The van der Waals surface area contributed by atoms with Crippen molar-refractivity contribution >= 4 is 40.6 Å². The standard InChI is InChI=1S/C28H34ClN5O4S2/c1-32-13-15-33(16-14-32)17-18-37-28(35)34-11-9-21(10-12-34)26-31-25(20-3-6-23(7-4-20)40(2)36)27(38-26)39-24-8-5-22(29)19-30-24/h3-8,19,21H,9-18H2,1-2H3. The minimum Gasteiger partial charge on any atom is -0.612 e. The van der Waals surface area contributed by atoms with Crippen molar-refractivity contribution in [2.24, 2.45) is 0 Å². The van der Waals surface area contributed by atoms with Crippen LogP contribution < -0.4 is 0 Å². The van der Waals surface area contributed by atoms with E-state index in [4.69, 9.17) is 25.7 Å². The zero-order chi connectivity index (χ0) is 28.1. The minimum atomic E-state index is -1.06. The van der Waals surface area contributed by atoms with Gasteiger partial charge in [0.05, 0.1) is 5.02 Å². The molecule has 12 heteroatoms. The molecule has 2 fully saturated rings. The summed E-state index contributed by atoms with van der Waals surface area (Å²) in [5.41, 5.74) is 1.60. The van der Waals surface area contributed by atoms with Crippen molar-refractivity contribution < 1.29 is 18.5 Å². The van der Waals surface area contributed by atoms with Gasteiger partial charge in [-0.2, -0.15) is 0 Å². The van der Waals surface area contributed by atoms with Gasteiger partial charge in [-0.15, -0.1) is 0 Å². The maximum absolute atomic E-state index is 12.7. The number of amides is 1. The lowest BCUT2D eigenvalue weighted by Crippen LogP contribution is -2.46. The second-order valence-corrected chi connectivity index (χ2v) is 12.9. The average Bonchev–Trinajstić information content (AvgIpc) is 3.39. The Morgan fingerprint density at radius 2 is 1.85 bits per heavy atom. The van der Waals surface area contributed by atoms with E-state index in [0.717, 1.165) is 66.7 Å². The van der Waals surface area contributed by atoms with Crippen molar-refractivity contribution in [3.8, 4) is 11.3 Å². The number of carbonyl (C=O) groups is 1. The molecule has 5 rings (SSSR count). The van der Waals surface area contributed by atoms with Crippen molar-refractivity contribution in [1.82, 2.24) is 24.7 Å². The Labute approximate surface area is 247 Å². The number of benzene rings is 1. The van der Waals surface area contributed by atoms with Crippen LogP contribution >= 0.6 is 23.4 Å². The van der Waals surface area contributed by atoms with E-state index in [0.29, 0.717) is 35.7 Å². The van der Waals surface area contributed by atoms with E-state index in [-0.39, 0.29) is 12.0 Å². The first kappa shape index (κ1) is 29.2. The van der Waals surface area contributed by atoms with Gasteiger partial charge in [0.1, 0.15) is 23.6 Å². The molecule has 4 heterocycles. The van der Waals surface area contributed by atoms with Crippen LogP contribution in [0.5, 0.6) is 0 Å². The number of oxazole rings is 1. The molecule has 0 N–H and O–H groups in total. The van der Waals surface area contributed by atoms with Gasteiger partial charge in [0.2, 0.25) is 0 Å². The van der Waals surface area contributed by atoms with Gasteiger partial charge in [-0.1, -0.05) is 11.6 Å². The van der Waals surface area contributed by atoms with E-state index < -0.39 is 11.2 Å². The van der Waals surface area contributed by atoms with Gasteiger partial charge in [0.15, 0.2) is 15.9 Å². The topological polar surface area (TPSA) is 98.0 Å². The zero-order valence-corrected chi connectivity index (χ0v) is 25.1. The molecule has 40 heavy (non-hydrogen) atoms. The van der Waals surface area contributed by atoms with E-state index in [1.807, 2.05) is 30.3 Å². The molecule has 214 valence electrons. The Hall–Kier alpha value is -2.28. The molecule has 3 aromatic rings. The smallest absolute Gasteiger partial charge is 0.409 e. The molecule has 1 unspecified atom stereocenters. The predicted molar refractivity (Wildman–Crippen MR) is 156 cm³/mol. The van der Waals surface area contributed by atoms with Crippen LogP contribution in [0.4, 0.5) is 4.79 Å². The van der Waals surface area contributed by atoms with E-state index in [1.54, 1.807) is 23.4 Å². The van der Waals surface area contributed by atoms with Crippen molar-refractivity contribution in [3.05, 3.63) is 53.5 Å². The lowest BCUT2D eigenvalue weighted by molar-refractivity contribution is 0.0720. The first-order chi connectivity index (χ1) is 19.4. The summed E-state index contributed by atoms with van der Waals surface area (Å²) in [5.74, 6) is 0.737. The lowest BCUT2D eigenvalue weighted by Gasteiger charge is -2.33. The Morgan fingerprint density at radius 1 is 1.12 bits per heavy atom. The maximum atomic E-state index is 12.7. The summed E-state index contributed by atoms with van der Waals surface area (Å²) >= 11 is 6.34. The van der Waals surface area contributed by atoms with Crippen molar-refractivity contribution in [1.29, 1.82) is 0 Å². The summed E-state index contributed by atoms with van der Waals surface area (Å²) in [7, 11) is 2.13. The Kier molecular flexibility index (Phi) is 9.93. The quantitative estimate of drug-likeness (QED) is 0.335. The fourth-order valence-electron chi connectivity index (χ4n) is 4.80. The summed E-state index contributed by atoms with van der Waals surface area (Å²) in [6, 6.07) is 11.2. The molecule has 2 aliphatic rings. The number of piperidine rings is 1. The number of pyridine rings is 1. The highest BCUT2D eigenvalue weighted by atomic mass is 35.5. The number of carbonyl (C=O) groups excluding carboxylic acids is 1. The Balaban J connectivity index is 1.22. The van der Waals surface area contributed by atoms with Gasteiger partial charge < -0.3 is 23.5 Å². The second kappa shape index (κ2) is 13.6. The summed E-state index contributed by atoms with van der Waals surface area (Å²) in [6.07, 6.45) is 4.49. The van der Waals surface area contributed by atoms with Crippen LogP contribution in [0.2, 0.25) is 5.02 Å². The van der Waals surface area contributed by atoms with Crippen molar-refractivity contribution in [2.75, 3.05) is 65.7 Å². The Morgan fingerprint density at radius 3 is 2.50 bits per heavy atom. The number of likely N-dealkylation sites (N-methyl/N-ethyl adjacent to an activating group) is 1. The van der Waals surface area contributed by atoms with Crippen LogP contribution in [0.3, 0.4) is 0 Å². The van der Waals surface area contributed by atoms with Crippen LogP contribution in [-0.4, -0.2) is 101 Å². The third-order valence-corrected chi connectivity index (χ3v) is 9.37. The molecule has 0 saturated carbocycles. The third-order valence-electron chi connectivity index (χ3n) is 7.30. The van der Waals surface area contributed by atoms with Gasteiger partial charge in [0.25, 0.3) is 0 Å². The highest BCUT2D eigenvalue weighted by Crippen LogP contribution is 2.39. The molecule has 1 atom stereocenters. The average molecular weight is 604 g/mol. The molecule has 9 nitrogen and oxygen atoms in total. The number of likely N-dealkylation sites (tertiary alicyclic amines) is 1. The van der Waals surface area contributed by atoms with E-state index >= 15 is 0 Å². The number of hydrogen-bond donors (Lipinski definition) is 0. The molecule has 2 aromatic heterocycles. The Bertz CT molecular complexity index is 1260. The number of hydrogen-bond acceptors (Lipinski definition) is 9. The number of rotatable bonds is 8. The molecule has 1 amide bonds. The van der Waals surface area contributed by atoms with Crippen LogP contribution in [0.15, 0.2) is 62.0 Å². The highest BCUT2D eigenvalue weighted by molar-refractivity contribution is 7.99. The summed E-state index contributed by atoms with van der Waals surface area (Å²) in [6.45, 7) is 6.48. The number of ether oxygens (including phenoxy) is 1. The molecule has 0 bridgehead atoms. The van der Waals surface area contributed by atoms with Crippen molar-refractivity contribution in [3.63, 3.8) is 0 Å². The fourth-order valence-corrected chi connectivity index (χ4v) is 6.25. The third kappa shape index (κ3) is 7.51. The largest absolute Gasteiger partial charge is 0.612 e. The maximum Gasteiger partial charge on any atom is 0.409 e. The molecule has 0 radical (unpaired) electrons. The molecular formula is C28H34ClN5O4S2. The van der Waals surface area contributed by atoms with E-state index in [9.17, 15) is 9.35 Å². The van der Waals surface area contributed by atoms with Gasteiger partial charge >= 0.3 is 6.09 Å². The summed E-state index contributed by atoms with van der Waals surface area (Å²) in [4.78, 5) is 29.2. The molecule has 0 aliphatic carbocycles. The highest BCUT2D eigenvalue weighted by Gasteiger charge is 2.30. The first-order valence-electron chi connectivity index (χ1n) is 13.4. The molecule has 1 aromatic carbocycles. The summed E-state index contributed by atoms with van der Waals surface area (Å²) in [5, 5.41) is 1.95. The van der Waals surface area contributed by atoms with Crippen LogP contribution in [0.1, 0.15) is 24.7 Å². The monoisotopic (exact) mass is 603 g/mol. The number of halogens is 1. The normalized spacial score (nSPS) is 18.1. The second-order valence-electron chi connectivity index (χ2n) is 10.1. The van der Waals surface area contributed by atoms with Crippen LogP contribution in [0, 0.1) is 0 Å². The van der Waals surface area contributed by atoms with Gasteiger partial charge in [0, 0.05) is 63.5 Å². The summed E-state index contributed by atoms with van der Waals surface area (Å²) < 4.78 is 23.8. The fraction of sp³-hybridized carbons (Fsp3) is 0.464. The predicted octanol–water partition coefficient (Wildman–Crippen LogP) is 4.84. The van der Waals surface area contributed by atoms with Gasteiger partial charge in [-0.25, -0.2) is 14.8 Å². The van der Waals surface area contributed by atoms with Gasteiger partial charge in [-0.05, 0) is 79.2 Å². The van der Waals surface area contributed by atoms with Crippen molar-refractivity contribution in [2.45, 2.75) is 33.8 Å². The minimum absolute atomic E-state index is 0.0862. The zero-order valence-electron chi connectivity index (χ0n) is 22.8. The van der Waals surface area contributed by atoms with Gasteiger partial charge in [-0.3, -0.25) is 4.90 Å². The first-order valence-corrected chi connectivity index (χ1v) is 16.2. The molecule has 0 spiro atoms. The lowest BCUT2D eigenvalue weighted by atomic mass is 9.97. The molecular weight excluding hydrogens is 570 g/mol. The van der Waals surface area contributed by atoms with Crippen LogP contribution in [0.25, 0.3) is 11.3 Å².